The minimum Gasteiger partial charge on any atom is -0.488 e. The van der Waals surface area contributed by atoms with Crippen molar-refractivity contribution in [2.24, 2.45) is 4.99 Å². The largest absolute Gasteiger partial charge is 0.488 e. The predicted octanol–water partition coefficient (Wildman–Crippen LogP) is 2.74. The van der Waals surface area contributed by atoms with Crippen LogP contribution in [0.3, 0.4) is 0 Å². The first-order chi connectivity index (χ1) is 13.4. The maximum absolute atomic E-state index is 11.6. The van der Waals surface area contributed by atoms with Crippen LogP contribution in [0.15, 0.2) is 64.1 Å². The van der Waals surface area contributed by atoms with E-state index in [0.717, 1.165) is 15.6 Å². The van der Waals surface area contributed by atoms with Gasteiger partial charge in [-0.15, -0.1) is 0 Å². The minimum absolute atomic E-state index is 0.0476. The number of nitrogens with one attached hydrogen (secondary N) is 1. The molecule has 8 nitrogen and oxygen atoms in total. The van der Waals surface area contributed by atoms with Crippen molar-refractivity contribution in [2.75, 3.05) is 0 Å². The molecule has 1 N–H and O–H groups in total. The molecule has 142 valence electrons. The van der Waals surface area contributed by atoms with E-state index in [4.69, 9.17) is 4.74 Å². The first-order valence-electron chi connectivity index (χ1n) is 8.15. The van der Waals surface area contributed by atoms with E-state index >= 15 is 0 Å². The Bertz CT molecular complexity index is 988. The van der Waals surface area contributed by atoms with E-state index in [1.807, 2.05) is 30.3 Å². The fourth-order valence-electron chi connectivity index (χ4n) is 2.43. The number of nitro groups is 1. The summed E-state index contributed by atoms with van der Waals surface area (Å²) in [5.74, 6) is -1.49. The van der Waals surface area contributed by atoms with E-state index in [9.17, 15) is 19.7 Å². The Labute approximate surface area is 168 Å². The Morgan fingerprint density at radius 2 is 1.93 bits per heavy atom. The topological polar surface area (TPSA) is 111 Å². The highest BCUT2D eigenvalue weighted by atomic mass is 79.9. The highest BCUT2D eigenvalue weighted by Gasteiger charge is 2.41. The lowest BCUT2D eigenvalue weighted by Gasteiger charge is -2.12. The number of halogens is 1. The first-order valence-corrected chi connectivity index (χ1v) is 8.94. The van der Waals surface area contributed by atoms with Crippen molar-refractivity contribution < 1.29 is 19.2 Å². The first kappa shape index (κ1) is 19.4. The van der Waals surface area contributed by atoms with E-state index in [0.29, 0.717) is 12.4 Å². The number of hydrogen-bond donors (Lipinski definition) is 1. The summed E-state index contributed by atoms with van der Waals surface area (Å²) in [4.78, 5) is 36.5. The zero-order chi connectivity index (χ0) is 20.1. The number of amides is 2. The molecule has 2 amide bonds. The molecule has 0 aromatic heterocycles. The molecule has 1 aliphatic heterocycles. The molecular formula is C19H14BrN3O5. The number of rotatable bonds is 6. The maximum Gasteiger partial charge on any atom is 0.368 e. The normalized spacial score (nSPS) is 16.6. The van der Waals surface area contributed by atoms with Crippen LogP contribution in [0.4, 0.5) is 0 Å². The van der Waals surface area contributed by atoms with E-state index in [1.54, 1.807) is 24.3 Å². The molecule has 0 bridgehead atoms. The lowest BCUT2D eigenvalue weighted by molar-refractivity contribution is -0.493. The molecule has 0 radical (unpaired) electrons. The summed E-state index contributed by atoms with van der Waals surface area (Å²) in [5, 5.41) is 12.9. The predicted molar refractivity (Wildman–Crippen MR) is 105 cm³/mol. The third-order valence-corrected chi connectivity index (χ3v) is 4.42. The molecule has 2 aromatic rings. The summed E-state index contributed by atoms with van der Waals surface area (Å²) >= 11 is 3.44. The molecule has 1 aliphatic rings. The molecule has 0 aliphatic carbocycles. The van der Waals surface area contributed by atoms with Crippen molar-refractivity contribution in [1.82, 2.24) is 5.32 Å². The number of carbonyl (C=O) groups excluding carboxylic acids is 2. The third-order valence-electron chi connectivity index (χ3n) is 3.80. The molecule has 0 spiro atoms. The maximum atomic E-state index is 11.6. The van der Waals surface area contributed by atoms with Crippen LogP contribution in [0, 0.1) is 10.1 Å². The van der Waals surface area contributed by atoms with Gasteiger partial charge in [0.1, 0.15) is 18.2 Å². The highest BCUT2D eigenvalue weighted by Crippen LogP contribution is 2.27. The van der Waals surface area contributed by atoms with Crippen molar-refractivity contribution in [3.8, 4) is 5.75 Å². The monoisotopic (exact) mass is 443 g/mol. The number of aliphatic imine (C=N–C) groups is 1. The third kappa shape index (κ3) is 4.68. The minimum atomic E-state index is -1.99. The van der Waals surface area contributed by atoms with Crippen molar-refractivity contribution in [2.45, 2.75) is 12.6 Å². The molecule has 0 saturated carbocycles. The van der Waals surface area contributed by atoms with Crippen LogP contribution in [0.25, 0.3) is 6.08 Å². The van der Waals surface area contributed by atoms with Crippen LogP contribution in [-0.4, -0.2) is 28.6 Å². The molecule has 1 heterocycles. The Morgan fingerprint density at radius 3 is 2.57 bits per heavy atom. The van der Waals surface area contributed by atoms with Gasteiger partial charge in [0, 0.05) is 4.92 Å². The number of ether oxygens (including phenoxy) is 1. The van der Waals surface area contributed by atoms with E-state index in [1.165, 1.54) is 6.08 Å². The fraction of sp³-hybridized carbons (Fsp3) is 0.105. The van der Waals surface area contributed by atoms with Gasteiger partial charge in [-0.2, -0.15) is 4.99 Å². The summed E-state index contributed by atoms with van der Waals surface area (Å²) in [6, 6.07) is 13.1. The summed E-state index contributed by atoms with van der Waals surface area (Å²) < 4.78 is 6.50. The SMILES string of the molecule is O=C1N=C(/C=C/c2ccc(OCc3ccccc3)c(Br)c2)NC(=O)C1[N+](=O)[O-]. The van der Waals surface area contributed by atoms with E-state index < -0.39 is 22.8 Å². The van der Waals surface area contributed by atoms with Crippen LogP contribution < -0.4 is 10.1 Å². The van der Waals surface area contributed by atoms with Gasteiger partial charge in [0.25, 0.3) is 0 Å². The smallest absolute Gasteiger partial charge is 0.368 e. The van der Waals surface area contributed by atoms with E-state index in [2.05, 4.69) is 26.2 Å². The Morgan fingerprint density at radius 1 is 1.18 bits per heavy atom. The molecule has 0 fully saturated rings. The van der Waals surface area contributed by atoms with Gasteiger partial charge >= 0.3 is 17.9 Å². The molecule has 2 aromatic carbocycles. The quantitative estimate of drug-likeness (QED) is 0.419. The number of benzene rings is 2. The number of nitrogens with zero attached hydrogens (tertiary/aromatic N) is 2. The number of amidine groups is 1. The van der Waals surface area contributed by atoms with E-state index in [-0.39, 0.29) is 5.84 Å². The zero-order valence-electron chi connectivity index (χ0n) is 14.4. The molecule has 0 saturated heterocycles. The summed E-state index contributed by atoms with van der Waals surface area (Å²) in [5.41, 5.74) is 1.79. The number of hydrogen-bond acceptors (Lipinski definition) is 5. The molecular weight excluding hydrogens is 430 g/mol. The second-order valence-electron chi connectivity index (χ2n) is 5.81. The van der Waals surface area contributed by atoms with Crippen LogP contribution >= 0.6 is 15.9 Å². The second kappa shape index (κ2) is 8.57. The summed E-state index contributed by atoms with van der Waals surface area (Å²) in [6.45, 7) is 0.428. The van der Waals surface area contributed by atoms with Gasteiger partial charge in [-0.1, -0.05) is 42.5 Å². The standard InChI is InChI=1S/C19H14BrN3O5/c20-14-10-12(6-8-15(14)28-11-13-4-2-1-3-5-13)7-9-16-21-18(24)17(23(26)27)19(25)22-16/h1-10,17H,11H2,(H,21,22,24,25)/b9-7+. The van der Waals surface area contributed by atoms with Crippen LogP contribution in [0.2, 0.25) is 0 Å². The van der Waals surface area contributed by atoms with Crippen LogP contribution in [0.5, 0.6) is 5.75 Å². The van der Waals surface area contributed by atoms with Gasteiger partial charge in [-0.3, -0.25) is 19.7 Å². The Hall–Kier alpha value is -3.33. The Balaban J connectivity index is 1.67. The molecule has 9 heteroatoms. The van der Waals surface area contributed by atoms with Crippen molar-refractivity contribution in [3.05, 3.63) is 80.3 Å². The van der Waals surface area contributed by atoms with Crippen molar-refractivity contribution in [3.63, 3.8) is 0 Å². The Kier molecular flexibility index (Phi) is 5.95. The zero-order valence-corrected chi connectivity index (χ0v) is 16.0. The lowest BCUT2D eigenvalue weighted by atomic mass is 10.2. The average Bonchev–Trinajstić information content (AvgIpc) is 2.65. The highest BCUT2D eigenvalue weighted by molar-refractivity contribution is 9.10. The van der Waals surface area contributed by atoms with Gasteiger partial charge in [0.2, 0.25) is 0 Å². The van der Waals surface area contributed by atoms with Crippen molar-refractivity contribution in [1.29, 1.82) is 0 Å². The van der Waals surface area contributed by atoms with Gasteiger partial charge in [0.05, 0.1) is 4.47 Å². The number of carbonyl (C=O) groups is 2. The van der Waals surface area contributed by atoms with Gasteiger partial charge in [0.15, 0.2) is 0 Å². The molecule has 1 unspecified atom stereocenters. The lowest BCUT2D eigenvalue weighted by Crippen LogP contribution is -2.50. The second-order valence-corrected chi connectivity index (χ2v) is 6.66. The molecule has 1 atom stereocenters. The van der Waals surface area contributed by atoms with Gasteiger partial charge in [-0.25, -0.2) is 0 Å². The van der Waals surface area contributed by atoms with Crippen LogP contribution in [-0.2, 0) is 16.2 Å². The molecule has 3 rings (SSSR count). The summed E-state index contributed by atoms with van der Waals surface area (Å²) in [7, 11) is 0. The van der Waals surface area contributed by atoms with Crippen molar-refractivity contribution >= 4 is 39.7 Å². The average molecular weight is 444 g/mol. The van der Waals surface area contributed by atoms with Gasteiger partial charge < -0.3 is 10.1 Å². The summed E-state index contributed by atoms with van der Waals surface area (Å²) in [6.07, 6.45) is 3.02. The fourth-order valence-corrected chi connectivity index (χ4v) is 2.94. The van der Waals surface area contributed by atoms with Crippen LogP contribution in [0.1, 0.15) is 11.1 Å². The molecule has 28 heavy (non-hydrogen) atoms. The van der Waals surface area contributed by atoms with Gasteiger partial charge in [-0.05, 0) is 45.3 Å².